The molecule has 1 aliphatic rings. The van der Waals surface area contributed by atoms with Crippen LogP contribution < -0.4 is 4.74 Å². The van der Waals surface area contributed by atoms with Gasteiger partial charge in [-0.2, -0.15) is 0 Å². The summed E-state index contributed by atoms with van der Waals surface area (Å²) in [6, 6.07) is 5.18. The second-order valence-electron chi connectivity index (χ2n) is 4.48. The van der Waals surface area contributed by atoms with Gasteiger partial charge in [-0.3, -0.25) is 0 Å². The van der Waals surface area contributed by atoms with Gasteiger partial charge in [0.25, 0.3) is 0 Å². The third-order valence-corrected chi connectivity index (χ3v) is 3.01. The van der Waals surface area contributed by atoms with Crippen molar-refractivity contribution >= 4 is 5.97 Å². The molecule has 1 heterocycles. The average Bonchev–Trinajstić information content (AvgIpc) is 2.32. The lowest BCUT2D eigenvalue weighted by Crippen LogP contribution is -2.36. The Morgan fingerprint density at radius 2 is 2.12 bits per heavy atom. The predicted octanol–water partition coefficient (Wildman–Crippen LogP) is 1.92. The van der Waals surface area contributed by atoms with Crippen LogP contribution in [-0.2, 0) is 4.74 Å². The third-order valence-electron chi connectivity index (χ3n) is 3.01. The molecule has 0 aromatic heterocycles. The van der Waals surface area contributed by atoms with Crippen LogP contribution in [0.2, 0.25) is 0 Å². The molecule has 0 saturated heterocycles. The molecule has 1 N–H and O–H groups in total. The maximum absolute atomic E-state index is 11.9. The lowest BCUT2D eigenvalue weighted by Gasteiger charge is -2.32. The SMILES string of the molecule is COc1cccc2c1C(=O)O[C@@H](C(C)C)[C@H]2O. The van der Waals surface area contributed by atoms with Crippen LogP contribution in [0.3, 0.4) is 0 Å². The number of ether oxygens (including phenoxy) is 2. The minimum atomic E-state index is -0.794. The molecule has 17 heavy (non-hydrogen) atoms. The summed E-state index contributed by atoms with van der Waals surface area (Å²) in [4.78, 5) is 11.9. The Kier molecular flexibility index (Phi) is 3.07. The molecule has 0 radical (unpaired) electrons. The van der Waals surface area contributed by atoms with Crippen LogP contribution in [0.25, 0.3) is 0 Å². The van der Waals surface area contributed by atoms with E-state index in [1.807, 2.05) is 13.8 Å². The van der Waals surface area contributed by atoms with Gasteiger partial charge in [-0.15, -0.1) is 0 Å². The number of carbonyl (C=O) groups is 1. The number of methoxy groups -OCH3 is 1. The number of benzene rings is 1. The molecule has 0 aliphatic carbocycles. The second-order valence-corrected chi connectivity index (χ2v) is 4.48. The Balaban J connectivity index is 2.51. The van der Waals surface area contributed by atoms with Gasteiger partial charge in [0.15, 0.2) is 0 Å². The quantitative estimate of drug-likeness (QED) is 0.797. The van der Waals surface area contributed by atoms with Gasteiger partial charge in [0.1, 0.15) is 23.5 Å². The maximum atomic E-state index is 11.9. The van der Waals surface area contributed by atoms with Gasteiger partial charge in [-0.05, 0) is 12.0 Å². The zero-order valence-corrected chi connectivity index (χ0v) is 10.1. The van der Waals surface area contributed by atoms with Crippen molar-refractivity contribution in [1.29, 1.82) is 0 Å². The minimum absolute atomic E-state index is 0.0632. The van der Waals surface area contributed by atoms with Crippen molar-refractivity contribution < 1.29 is 19.4 Å². The standard InChI is InChI=1S/C13H16O4/c1-7(2)12-11(14)8-5-4-6-9(16-3)10(8)13(15)17-12/h4-7,11-12,14H,1-3H3/t11-,12-/m0/s1. The van der Waals surface area contributed by atoms with Gasteiger partial charge >= 0.3 is 5.97 Å². The van der Waals surface area contributed by atoms with Crippen LogP contribution in [0, 0.1) is 5.92 Å². The highest BCUT2D eigenvalue weighted by Crippen LogP contribution is 2.37. The van der Waals surface area contributed by atoms with Crippen molar-refractivity contribution in [3.05, 3.63) is 29.3 Å². The Morgan fingerprint density at radius 1 is 1.41 bits per heavy atom. The fourth-order valence-electron chi connectivity index (χ4n) is 2.11. The van der Waals surface area contributed by atoms with E-state index in [2.05, 4.69) is 0 Å². The van der Waals surface area contributed by atoms with Gasteiger partial charge in [-0.1, -0.05) is 26.0 Å². The molecule has 92 valence electrons. The van der Waals surface area contributed by atoms with Crippen LogP contribution in [0.5, 0.6) is 5.75 Å². The Hall–Kier alpha value is -1.55. The number of aliphatic hydroxyl groups excluding tert-OH is 1. The van der Waals surface area contributed by atoms with E-state index in [1.54, 1.807) is 18.2 Å². The predicted molar refractivity (Wildman–Crippen MR) is 62.0 cm³/mol. The van der Waals surface area contributed by atoms with E-state index in [-0.39, 0.29) is 5.92 Å². The molecule has 1 aromatic rings. The number of hydrogen-bond donors (Lipinski definition) is 1. The summed E-state index contributed by atoms with van der Waals surface area (Å²) < 4.78 is 10.4. The van der Waals surface area contributed by atoms with Crippen LogP contribution in [0.15, 0.2) is 18.2 Å². The summed E-state index contributed by atoms with van der Waals surface area (Å²) in [6.07, 6.45) is -1.29. The summed E-state index contributed by atoms with van der Waals surface area (Å²) in [7, 11) is 1.49. The highest BCUT2D eigenvalue weighted by atomic mass is 16.6. The van der Waals surface area contributed by atoms with Gasteiger partial charge in [0.05, 0.1) is 7.11 Å². The van der Waals surface area contributed by atoms with Crippen molar-refractivity contribution in [2.75, 3.05) is 7.11 Å². The number of aliphatic hydroxyl groups is 1. The van der Waals surface area contributed by atoms with Crippen molar-refractivity contribution in [1.82, 2.24) is 0 Å². The Bertz CT molecular complexity index is 439. The Labute approximate surface area is 100 Å². The van der Waals surface area contributed by atoms with Gasteiger partial charge in [0.2, 0.25) is 0 Å². The number of hydrogen-bond acceptors (Lipinski definition) is 4. The van der Waals surface area contributed by atoms with E-state index in [0.717, 1.165) is 0 Å². The number of fused-ring (bicyclic) bond motifs is 1. The first-order valence-electron chi connectivity index (χ1n) is 5.62. The van der Waals surface area contributed by atoms with Gasteiger partial charge in [0, 0.05) is 5.56 Å². The van der Waals surface area contributed by atoms with Crippen LogP contribution >= 0.6 is 0 Å². The molecule has 0 bridgehead atoms. The second kappa shape index (κ2) is 4.37. The molecule has 0 spiro atoms. The zero-order chi connectivity index (χ0) is 12.6. The summed E-state index contributed by atoms with van der Waals surface area (Å²) in [5.41, 5.74) is 0.915. The van der Waals surface area contributed by atoms with E-state index >= 15 is 0 Å². The first-order valence-corrected chi connectivity index (χ1v) is 5.62. The molecule has 0 unspecified atom stereocenters. The molecule has 4 heteroatoms. The highest BCUT2D eigenvalue weighted by molar-refractivity contribution is 5.95. The smallest absolute Gasteiger partial charge is 0.342 e. The molecule has 0 fully saturated rings. The summed E-state index contributed by atoms with van der Waals surface area (Å²) >= 11 is 0. The first kappa shape index (κ1) is 11.9. The van der Waals surface area contributed by atoms with Crippen LogP contribution in [0.4, 0.5) is 0 Å². The number of carbonyl (C=O) groups excluding carboxylic acids is 1. The molecule has 2 rings (SSSR count). The molecule has 1 aromatic carbocycles. The fourth-order valence-corrected chi connectivity index (χ4v) is 2.11. The Morgan fingerprint density at radius 3 is 2.71 bits per heavy atom. The van der Waals surface area contributed by atoms with E-state index in [1.165, 1.54) is 7.11 Å². The molecule has 0 saturated carbocycles. The van der Waals surface area contributed by atoms with E-state index in [0.29, 0.717) is 16.9 Å². The molecule has 1 aliphatic heterocycles. The zero-order valence-electron chi connectivity index (χ0n) is 10.1. The molecule has 0 amide bonds. The minimum Gasteiger partial charge on any atom is -0.496 e. The van der Waals surface area contributed by atoms with E-state index in [9.17, 15) is 9.90 Å². The number of cyclic esters (lactones) is 1. The fraction of sp³-hybridized carbons (Fsp3) is 0.462. The van der Waals surface area contributed by atoms with Gasteiger partial charge < -0.3 is 14.6 Å². The number of rotatable bonds is 2. The molecular weight excluding hydrogens is 220 g/mol. The first-order chi connectivity index (χ1) is 8.06. The summed E-state index contributed by atoms with van der Waals surface area (Å²) in [5.74, 6) is 0.0727. The van der Waals surface area contributed by atoms with Crippen molar-refractivity contribution in [2.24, 2.45) is 5.92 Å². The largest absolute Gasteiger partial charge is 0.496 e. The molecule has 2 atom stereocenters. The summed E-state index contributed by atoms with van der Waals surface area (Å²) in [5, 5.41) is 10.2. The lowest BCUT2D eigenvalue weighted by atomic mass is 9.90. The van der Waals surface area contributed by atoms with Crippen molar-refractivity contribution in [2.45, 2.75) is 26.1 Å². The highest BCUT2D eigenvalue weighted by Gasteiger charge is 2.37. The molecule has 4 nitrogen and oxygen atoms in total. The topological polar surface area (TPSA) is 55.8 Å². The lowest BCUT2D eigenvalue weighted by molar-refractivity contribution is -0.0480. The summed E-state index contributed by atoms with van der Waals surface area (Å²) in [6.45, 7) is 3.82. The normalized spacial score (nSPS) is 23.2. The van der Waals surface area contributed by atoms with Crippen molar-refractivity contribution in [3.8, 4) is 5.75 Å². The monoisotopic (exact) mass is 236 g/mol. The molecular formula is C13H16O4. The van der Waals surface area contributed by atoms with Gasteiger partial charge in [-0.25, -0.2) is 4.79 Å². The van der Waals surface area contributed by atoms with Crippen LogP contribution in [-0.4, -0.2) is 24.3 Å². The maximum Gasteiger partial charge on any atom is 0.342 e. The van der Waals surface area contributed by atoms with Crippen LogP contribution in [0.1, 0.15) is 35.9 Å². The average molecular weight is 236 g/mol. The third kappa shape index (κ3) is 1.89. The van der Waals surface area contributed by atoms with E-state index < -0.39 is 18.2 Å². The van der Waals surface area contributed by atoms with Crippen molar-refractivity contribution in [3.63, 3.8) is 0 Å². The van der Waals surface area contributed by atoms with E-state index in [4.69, 9.17) is 9.47 Å². The number of esters is 1.